The maximum atomic E-state index is 4.15. The summed E-state index contributed by atoms with van der Waals surface area (Å²) in [5.74, 6) is 1.46. The van der Waals surface area contributed by atoms with Crippen molar-refractivity contribution in [2.24, 2.45) is 5.92 Å². The van der Waals surface area contributed by atoms with Gasteiger partial charge in [-0.25, -0.2) is 0 Å². The SMILES string of the molecule is CC(C)CNc1ccc(CNC(C)C)nn1. The molecule has 1 rings (SSSR count). The molecule has 0 aliphatic rings. The van der Waals surface area contributed by atoms with Crippen molar-refractivity contribution in [3.8, 4) is 0 Å². The van der Waals surface area contributed by atoms with Gasteiger partial charge in [0.2, 0.25) is 0 Å². The third kappa shape index (κ3) is 5.07. The summed E-state index contributed by atoms with van der Waals surface area (Å²) in [5.41, 5.74) is 0.976. The van der Waals surface area contributed by atoms with Crippen molar-refractivity contribution in [2.45, 2.75) is 40.3 Å². The fourth-order valence-corrected chi connectivity index (χ4v) is 1.17. The van der Waals surface area contributed by atoms with Gasteiger partial charge >= 0.3 is 0 Å². The molecule has 0 aliphatic heterocycles. The Kier molecular flexibility index (Phi) is 5.19. The summed E-state index contributed by atoms with van der Waals surface area (Å²) in [5, 5.41) is 14.8. The Bertz CT molecular complexity index is 261. The molecule has 1 aromatic rings. The van der Waals surface area contributed by atoms with Crippen LogP contribution in [0.4, 0.5) is 5.82 Å². The highest BCUT2D eigenvalue weighted by molar-refractivity contribution is 5.32. The molecule has 2 N–H and O–H groups in total. The second-order valence-corrected chi connectivity index (χ2v) is 4.72. The zero-order chi connectivity index (χ0) is 12.0. The lowest BCUT2D eigenvalue weighted by atomic mass is 10.2. The van der Waals surface area contributed by atoms with E-state index in [2.05, 4.69) is 48.5 Å². The topological polar surface area (TPSA) is 49.8 Å². The Balaban J connectivity index is 2.41. The van der Waals surface area contributed by atoms with E-state index in [0.29, 0.717) is 12.0 Å². The fourth-order valence-electron chi connectivity index (χ4n) is 1.17. The molecule has 0 saturated carbocycles. The highest BCUT2D eigenvalue weighted by Gasteiger charge is 1.99. The molecule has 0 aromatic carbocycles. The number of rotatable bonds is 6. The van der Waals surface area contributed by atoms with Gasteiger partial charge in [0.1, 0.15) is 5.82 Å². The standard InChI is InChI=1S/C12H22N4/c1-9(2)7-14-12-6-5-11(15-16-12)8-13-10(3)4/h5-6,9-10,13H,7-8H2,1-4H3,(H,14,16). The normalized spacial score (nSPS) is 11.1. The monoisotopic (exact) mass is 222 g/mol. The molecule has 1 heterocycles. The molecule has 1 aromatic heterocycles. The largest absolute Gasteiger partial charge is 0.368 e. The summed E-state index contributed by atoms with van der Waals surface area (Å²) in [6.45, 7) is 10.3. The van der Waals surface area contributed by atoms with E-state index in [1.165, 1.54) is 0 Å². The van der Waals surface area contributed by atoms with Crippen LogP contribution in [0.15, 0.2) is 12.1 Å². The predicted octanol–water partition coefficient (Wildman–Crippen LogP) is 2.04. The lowest BCUT2D eigenvalue weighted by molar-refractivity contribution is 0.577. The van der Waals surface area contributed by atoms with Crippen molar-refractivity contribution in [3.63, 3.8) is 0 Å². The first-order valence-electron chi connectivity index (χ1n) is 5.87. The van der Waals surface area contributed by atoms with Crippen LogP contribution in [0.2, 0.25) is 0 Å². The molecule has 0 amide bonds. The smallest absolute Gasteiger partial charge is 0.148 e. The molecule has 0 bridgehead atoms. The summed E-state index contributed by atoms with van der Waals surface area (Å²) in [6, 6.07) is 4.46. The maximum Gasteiger partial charge on any atom is 0.148 e. The van der Waals surface area contributed by atoms with E-state index in [0.717, 1.165) is 24.6 Å². The Labute approximate surface area is 97.9 Å². The van der Waals surface area contributed by atoms with E-state index in [9.17, 15) is 0 Å². The molecular formula is C12H22N4. The van der Waals surface area contributed by atoms with Crippen molar-refractivity contribution in [1.82, 2.24) is 15.5 Å². The Hall–Kier alpha value is -1.16. The van der Waals surface area contributed by atoms with Gasteiger partial charge in [0, 0.05) is 19.1 Å². The summed E-state index contributed by atoms with van der Waals surface area (Å²) in [7, 11) is 0. The number of hydrogen-bond acceptors (Lipinski definition) is 4. The van der Waals surface area contributed by atoms with Crippen LogP contribution in [0.3, 0.4) is 0 Å². The number of hydrogen-bond donors (Lipinski definition) is 2. The van der Waals surface area contributed by atoms with Crippen LogP contribution in [0, 0.1) is 5.92 Å². The highest BCUT2D eigenvalue weighted by atomic mass is 15.2. The number of anilines is 1. The summed E-state index contributed by atoms with van der Waals surface area (Å²) < 4.78 is 0. The summed E-state index contributed by atoms with van der Waals surface area (Å²) in [4.78, 5) is 0. The third-order valence-corrected chi connectivity index (χ3v) is 2.10. The van der Waals surface area contributed by atoms with E-state index in [1.54, 1.807) is 0 Å². The van der Waals surface area contributed by atoms with Gasteiger partial charge in [-0.3, -0.25) is 0 Å². The van der Waals surface area contributed by atoms with Crippen LogP contribution in [-0.2, 0) is 6.54 Å². The van der Waals surface area contributed by atoms with Crippen LogP contribution in [0.25, 0.3) is 0 Å². The molecule has 0 unspecified atom stereocenters. The summed E-state index contributed by atoms with van der Waals surface area (Å²) >= 11 is 0. The second-order valence-electron chi connectivity index (χ2n) is 4.72. The highest BCUT2D eigenvalue weighted by Crippen LogP contribution is 2.03. The average molecular weight is 222 g/mol. The van der Waals surface area contributed by atoms with Gasteiger partial charge < -0.3 is 10.6 Å². The molecular weight excluding hydrogens is 200 g/mol. The molecule has 90 valence electrons. The molecule has 0 spiro atoms. The Morgan fingerprint density at radius 2 is 1.88 bits per heavy atom. The van der Waals surface area contributed by atoms with E-state index in [1.807, 2.05) is 12.1 Å². The number of nitrogens with zero attached hydrogens (tertiary/aromatic N) is 2. The number of aromatic nitrogens is 2. The van der Waals surface area contributed by atoms with Crippen LogP contribution in [-0.4, -0.2) is 22.8 Å². The lowest BCUT2D eigenvalue weighted by Crippen LogP contribution is -2.22. The van der Waals surface area contributed by atoms with Gasteiger partial charge in [-0.1, -0.05) is 27.7 Å². The van der Waals surface area contributed by atoms with E-state index < -0.39 is 0 Å². The van der Waals surface area contributed by atoms with E-state index in [-0.39, 0.29) is 0 Å². The minimum Gasteiger partial charge on any atom is -0.368 e. The van der Waals surface area contributed by atoms with Crippen LogP contribution in [0.5, 0.6) is 0 Å². The molecule has 0 radical (unpaired) electrons. The molecule has 0 aliphatic carbocycles. The minimum atomic E-state index is 0.473. The predicted molar refractivity (Wildman–Crippen MR) is 67.3 cm³/mol. The first kappa shape index (κ1) is 12.9. The van der Waals surface area contributed by atoms with Crippen LogP contribution in [0.1, 0.15) is 33.4 Å². The fraction of sp³-hybridized carbons (Fsp3) is 0.667. The van der Waals surface area contributed by atoms with Gasteiger partial charge in [0.05, 0.1) is 5.69 Å². The molecule has 0 atom stereocenters. The Morgan fingerprint density at radius 1 is 1.12 bits per heavy atom. The van der Waals surface area contributed by atoms with Gasteiger partial charge in [0.15, 0.2) is 0 Å². The zero-order valence-electron chi connectivity index (χ0n) is 10.6. The molecule has 4 heteroatoms. The molecule has 0 saturated heterocycles. The van der Waals surface area contributed by atoms with E-state index in [4.69, 9.17) is 0 Å². The van der Waals surface area contributed by atoms with Crippen LogP contribution < -0.4 is 10.6 Å². The maximum absolute atomic E-state index is 4.15. The Morgan fingerprint density at radius 3 is 2.38 bits per heavy atom. The zero-order valence-corrected chi connectivity index (χ0v) is 10.6. The van der Waals surface area contributed by atoms with Gasteiger partial charge in [-0.2, -0.15) is 5.10 Å². The van der Waals surface area contributed by atoms with Crippen molar-refractivity contribution < 1.29 is 0 Å². The average Bonchev–Trinajstić information content (AvgIpc) is 2.25. The van der Waals surface area contributed by atoms with Gasteiger partial charge in [-0.15, -0.1) is 5.10 Å². The van der Waals surface area contributed by atoms with Crippen molar-refractivity contribution in [1.29, 1.82) is 0 Å². The van der Waals surface area contributed by atoms with Gasteiger partial charge in [-0.05, 0) is 18.1 Å². The number of nitrogens with one attached hydrogen (secondary N) is 2. The lowest BCUT2D eigenvalue weighted by Gasteiger charge is -2.09. The minimum absolute atomic E-state index is 0.473. The third-order valence-electron chi connectivity index (χ3n) is 2.10. The second kappa shape index (κ2) is 6.43. The van der Waals surface area contributed by atoms with Crippen molar-refractivity contribution in [2.75, 3.05) is 11.9 Å². The quantitative estimate of drug-likeness (QED) is 0.773. The summed E-state index contributed by atoms with van der Waals surface area (Å²) in [6.07, 6.45) is 0. The van der Waals surface area contributed by atoms with Crippen LogP contribution >= 0.6 is 0 Å². The molecule has 4 nitrogen and oxygen atoms in total. The van der Waals surface area contributed by atoms with Crippen molar-refractivity contribution in [3.05, 3.63) is 17.8 Å². The van der Waals surface area contributed by atoms with E-state index >= 15 is 0 Å². The van der Waals surface area contributed by atoms with Gasteiger partial charge in [0.25, 0.3) is 0 Å². The molecule has 16 heavy (non-hydrogen) atoms. The van der Waals surface area contributed by atoms with Crippen molar-refractivity contribution >= 4 is 5.82 Å². The first-order chi connectivity index (χ1) is 7.58. The first-order valence-corrected chi connectivity index (χ1v) is 5.87. The molecule has 0 fully saturated rings.